The molecule has 0 amide bonds. The van der Waals surface area contributed by atoms with Crippen LogP contribution in [0.1, 0.15) is 18.9 Å². The van der Waals surface area contributed by atoms with Crippen LogP contribution in [0.5, 0.6) is 0 Å². The molecule has 0 atom stereocenters. The van der Waals surface area contributed by atoms with Crippen LogP contribution in [0.15, 0.2) is 54.6 Å². The first kappa shape index (κ1) is 14.7. The maximum Gasteiger partial charge on any atom is 0.185 e. The third-order valence-corrected chi connectivity index (χ3v) is 4.34. The number of carbonyl (C=O) groups is 1. The molecule has 2 heteroatoms. The molecule has 0 saturated carbocycles. The van der Waals surface area contributed by atoms with Crippen LogP contribution >= 0.6 is 11.8 Å². The third-order valence-electron chi connectivity index (χ3n) is 3.52. The lowest BCUT2D eigenvalue weighted by molar-refractivity contribution is -0.109. The fourth-order valence-corrected chi connectivity index (χ4v) is 3.05. The largest absolute Gasteiger partial charge is 0.288 e. The smallest absolute Gasteiger partial charge is 0.185 e. The number of thioether (sulfide) groups is 1. The zero-order valence-electron chi connectivity index (χ0n) is 12.4. The first-order chi connectivity index (χ1) is 10.8. The minimum Gasteiger partial charge on any atom is -0.288 e. The van der Waals surface area contributed by atoms with Gasteiger partial charge < -0.3 is 0 Å². The SMILES string of the molecule is CC(=O)SCCC#Cc1cc2ccccc2c2ccccc12. The summed E-state index contributed by atoms with van der Waals surface area (Å²) >= 11 is 1.33. The number of hydrogen-bond acceptors (Lipinski definition) is 2. The predicted octanol–water partition coefficient (Wildman–Crippen LogP) is 5.01. The van der Waals surface area contributed by atoms with E-state index >= 15 is 0 Å². The van der Waals surface area contributed by atoms with Crippen LogP contribution in [0.2, 0.25) is 0 Å². The van der Waals surface area contributed by atoms with E-state index in [1.165, 1.54) is 33.3 Å². The van der Waals surface area contributed by atoms with Crippen molar-refractivity contribution in [3.8, 4) is 11.8 Å². The Balaban J connectivity index is 2.01. The Kier molecular flexibility index (Phi) is 4.46. The summed E-state index contributed by atoms with van der Waals surface area (Å²) in [4.78, 5) is 10.9. The van der Waals surface area contributed by atoms with Gasteiger partial charge in [-0.2, -0.15) is 0 Å². The summed E-state index contributed by atoms with van der Waals surface area (Å²) in [7, 11) is 0. The first-order valence-electron chi connectivity index (χ1n) is 7.28. The summed E-state index contributed by atoms with van der Waals surface area (Å²) in [6.07, 6.45) is 0.728. The van der Waals surface area contributed by atoms with Crippen LogP contribution in [0, 0.1) is 11.8 Å². The molecule has 3 aromatic carbocycles. The quantitative estimate of drug-likeness (QED) is 0.376. The molecule has 0 spiro atoms. The van der Waals surface area contributed by atoms with E-state index in [0.717, 1.165) is 17.7 Å². The van der Waals surface area contributed by atoms with Gasteiger partial charge >= 0.3 is 0 Å². The van der Waals surface area contributed by atoms with Crippen molar-refractivity contribution < 1.29 is 4.79 Å². The predicted molar refractivity (Wildman–Crippen MR) is 96.1 cm³/mol. The minimum absolute atomic E-state index is 0.151. The topological polar surface area (TPSA) is 17.1 Å². The van der Waals surface area contributed by atoms with E-state index in [1.807, 2.05) is 6.07 Å². The van der Waals surface area contributed by atoms with Crippen LogP contribution in [-0.4, -0.2) is 10.9 Å². The van der Waals surface area contributed by atoms with Crippen LogP contribution in [0.3, 0.4) is 0 Å². The Hall–Kier alpha value is -2.24. The molecule has 0 N–H and O–H groups in total. The maximum atomic E-state index is 10.9. The van der Waals surface area contributed by atoms with E-state index < -0.39 is 0 Å². The highest BCUT2D eigenvalue weighted by Gasteiger charge is 2.03. The zero-order valence-corrected chi connectivity index (χ0v) is 13.2. The van der Waals surface area contributed by atoms with Crippen molar-refractivity contribution in [3.63, 3.8) is 0 Å². The van der Waals surface area contributed by atoms with Crippen LogP contribution in [0.4, 0.5) is 0 Å². The van der Waals surface area contributed by atoms with Crippen molar-refractivity contribution in [3.05, 3.63) is 60.2 Å². The van der Waals surface area contributed by atoms with Gasteiger partial charge in [0.25, 0.3) is 0 Å². The lowest BCUT2D eigenvalue weighted by Crippen LogP contribution is -1.85. The zero-order chi connectivity index (χ0) is 15.4. The standard InChI is InChI=1S/C20H16OS/c1-15(21)22-13-7-6-9-17-14-16-8-2-3-10-18(16)20-12-5-4-11-19(17)20/h2-5,8,10-12,14H,7,13H2,1H3. The van der Waals surface area contributed by atoms with Gasteiger partial charge in [-0.25, -0.2) is 0 Å². The van der Waals surface area contributed by atoms with Crippen LogP contribution in [0.25, 0.3) is 21.5 Å². The van der Waals surface area contributed by atoms with Crippen molar-refractivity contribution in [2.75, 3.05) is 5.75 Å². The average Bonchev–Trinajstić information content (AvgIpc) is 2.54. The molecule has 0 aromatic heterocycles. The molecule has 0 unspecified atom stereocenters. The van der Waals surface area contributed by atoms with Crippen LogP contribution < -0.4 is 0 Å². The lowest BCUT2D eigenvalue weighted by Gasteiger charge is -2.06. The molecule has 0 fully saturated rings. The van der Waals surface area contributed by atoms with E-state index in [1.54, 1.807) is 6.92 Å². The second kappa shape index (κ2) is 6.68. The number of carbonyl (C=O) groups excluding carboxylic acids is 1. The Bertz CT molecular complexity index is 900. The Labute approximate surface area is 134 Å². The molecule has 0 bridgehead atoms. The summed E-state index contributed by atoms with van der Waals surface area (Å²) < 4.78 is 0. The second-order valence-corrected chi connectivity index (χ2v) is 6.35. The highest BCUT2D eigenvalue weighted by molar-refractivity contribution is 8.13. The molecule has 0 heterocycles. The van der Waals surface area contributed by atoms with Gasteiger partial charge in [0.15, 0.2) is 5.12 Å². The highest BCUT2D eigenvalue weighted by atomic mass is 32.2. The Morgan fingerprint density at radius 1 is 1.00 bits per heavy atom. The summed E-state index contributed by atoms with van der Waals surface area (Å²) in [6.45, 7) is 1.59. The first-order valence-corrected chi connectivity index (χ1v) is 8.27. The van der Waals surface area contributed by atoms with Crippen molar-refractivity contribution in [2.45, 2.75) is 13.3 Å². The van der Waals surface area contributed by atoms with Gasteiger partial charge in [0, 0.05) is 24.7 Å². The Morgan fingerprint density at radius 3 is 2.45 bits per heavy atom. The van der Waals surface area contributed by atoms with Gasteiger partial charge in [0.05, 0.1) is 0 Å². The van der Waals surface area contributed by atoms with Crippen molar-refractivity contribution in [2.24, 2.45) is 0 Å². The molecule has 1 nitrogen and oxygen atoms in total. The molecule has 22 heavy (non-hydrogen) atoms. The summed E-state index contributed by atoms with van der Waals surface area (Å²) in [5, 5.41) is 5.05. The normalized spacial score (nSPS) is 10.4. The van der Waals surface area contributed by atoms with Crippen molar-refractivity contribution in [1.29, 1.82) is 0 Å². The van der Waals surface area contributed by atoms with Gasteiger partial charge in [-0.05, 0) is 27.6 Å². The van der Waals surface area contributed by atoms with Gasteiger partial charge in [0.2, 0.25) is 0 Å². The van der Waals surface area contributed by atoms with Crippen LogP contribution in [-0.2, 0) is 4.79 Å². The fraction of sp³-hybridized carbons (Fsp3) is 0.150. The lowest BCUT2D eigenvalue weighted by atomic mass is 9.97. The van der Waals surface area contributed by atoms with Gasteiger partial charge in [0.1, 0.15) is 0 Å². The minimum atomic E-state index is 0.151. The molecule has 0 radical (unpaired) electrons. The van der Waals surface area contributed by atoms with Crippen molar-refractivity contribution in [1.82, 2.24) is 0 Å². The number of hydrogen-bond donors (Lipinski definition) is 0. The third kappa shape index (κ3) is 3.16. The molecule has 3 aromatic rings. The van der Waals surface area contributed by atoms with E-state index in [2.05, 4.69) is 60.4 Å². The highest BCUT2D eigenvalue weighted by Crippen LogP contribution is 2.28. The monoisotopic (exact) mass is 304 g/mol. The van der Waals surface area contributed by atoms with E-state index in [4.69, 9.17) is 0 Å². The Morgan fingerprint density at radius 2 is 1.68 bits per heavy atom. The van der Waals surface area contributed by atoms with E-state index in [0.29, 0.717) is 0 Å². The fourth-order valence-electron chi connectivity index (χ4n) is 2.56. The molecule has 0 aliphatic carbocycles. The molecular formula is C20H16OS. The number of benzene rings is 3. The molecule has 108 valence electrons. The number of fused-ring (bicyclic) bond motifs is 3. The molecule has 0 aliphatic heterocycles. The molecule has 0 saturated heterocycles. The molecule has 0 aliphatic rings. The van der Waals surface area contributed by atoms with E-state index in [9.17, 15) is 4.79 Å². The van der Waals surface area contributed by atoms with Gasteiger partial charge in [-0.1, -0.05) is 72.1 Å². The maximum absolute atomic E-state index is 10.9. The van der Waals surface area contributed by atoms with Crippen molar-refractivity contribution >= 4 is 38.4 Å². The summed E-state index contributed by atoms with van der Waals surface area (Å²) in [6, 6.07) is 18.9. The van der Waals surface area contributed by atoms with Gasteiger partial charge in [-0.3, -0.25) is 4.79 Å². The van der Waals surface area contributed by atoms with E-state index in [-0.39, 0.29) is 5.12 Å². The number of rotatable bonds is 2. The summed E-state index contributed by atoms with van der Waals surface area (Å²) in [5.41, 5.74) is 1.06. The average molecular weight is 304 g/mol. The van der Waals surface area contributed by atoms with Gasteiger partial charge in [-0.15, -0.1) is 0 Å². The molecule has 3 rings (SSSR count). The summed E-state index contributed by atoms with van der Waals surface area (Å²) in [5.74, 6) is 7.23. The molecular weight excluding hydrogens is 288 g/mol. The second-order valence-electron chi connectivity index (χ2n) is 5.08.